The Morgan fingerprint density at radius 3 is 3.00 bits per heavy atom. The number of rotatable bonds is 7. The van der Waals surface area contributed by atoms with Crippen molar-refractivity contribution in [2.24, 2.45) is 5.92 Å². The maximum Gasteiger partial charge on any atom is 0.227 e. The monoisotopic (exact) mass is 445 g/mol. The highest BCUT2D eigenvalue weighted by molar-refractivity contribution is 5.84. The number of amides is 1. The molecule has 172 valence electrons. The Balaban J connectivity index is 1.37. The molecule has 3 heterocycles. The number of hydrogen-bond donors (Lipinski definition) is 2. The van der Waals surface area contributed by atoms with E-state index in [-0.39, 0.29) is 11.8 Å². The van der Waals surface area contributed by atoms with Gasteiger partial charge in [0.15, 0.2) is 0 Å². The number of pyridine rings is 1. The molecular weight excluding hydrogens is 414 g/mol. The third-order valence-corrected chi connectivity index (χ3v) is 6.95. The number of nitrogens with one attached hydrogen (secondary N) is 2. The van der Waals surface area contributed by atoms with Crippen molar-refractivity contribution in [2.75, 3.05) is 26.8 Å². The summed E-state index contributed by atoms with van der Waals surface area (Å²) in [5, 5.41) is 7.70. The molecule has 33 heavy (non-hydrogen) atoms. The SMILES string of the molecule is COCCCc1cc(CNC(=O)C2CNCCC23OCc2ccccc23)c2ccccc2n1. The van der Waals surface area contributed by atoms with Crippen molar-refractivity contribution < 1.29 is 14.3 Å². The van der Waals surface area contributed by atoms with Gasteiger partial charge in [-0.15, -0.1) is 0 Å². The number of para-hydroxylation sites is 1. The van der Waals surface area contributed by atoms with E-state index in [2.05, 4.69) is 34.9 Å². The summed E-state index contributed by atoms with van der Waals surface area (Å²) in [5.41, 5.74) is 4.89. The van der Waals surface area contributed by atoms with Crippen molar-refractivity contribution >= 4 is 16.8 Å². The molecule has 0 bridgehead atoms. The van der Waals surface area contributed by atoms with Crippen molar-refractivity contribution in [1.29, 1.82) is 0 Å². The van der Waals surface area contributed by atoms with Gasteiger partial charge in [0.1, 0.15) is 5.60 Å². The highest BCUT2D eigenvalue weighted by Crippen LogP contribution is 2.46. The third kappa shape index (κ3) is 4.26. The van der Waals surface area contributed by atoms with Gasteiger partial charge in [-0.25, -0.2) is 0 Å². The molecule has 1 fully saturated rings. The average molecular weight is 446 g/mol. The van der Waals surface area contributed by atoms with Crippen LogP contribution in [0.5, 0.6) is 0 Å². The van der Waals surface area contributed by atoms with E-state index in [9.17, 15) is 4.79 Å². The molecule has 3 aromatic rings. The zero-order valence-corrected chi connectivity index (χ0v) is 19.1. The Morgan fingerprint density at radius 2 is 2.09 bits per heavy atom. The van der Waals surface area contributed by atoms with Gasteiger partial charge in [-0.1, -0.05) is 42.5 Å². The summed E-state index contributed by atoms with van der Waals surface area (Å²) in [7, 11) is 1.72. The molecule has 1 spiro atoms. The molecule has 2 aromatic carbocycles. The van der Waals surface area contributed by atoms with Crippen molar-refractivity contribution in [3.8, 4) is 0 Å². The quantitative estimate of drug-likeness (QED) is 0.545. The van der Waals surface area contributed by atoms with Gasteiger partial charge in [0, 0.05) is 37.9 Å². The highest BCUT2D eigenvalue weighted by atomic mass is 16.5. The summed E-state index contributed by atoms with van der Waals surface area (Å²) >= 11 is 0. The molecule has 2 aliphatic rings. The fraction of sp³-hybridized carbons (Fsp3) is 0.407. The standard InChI is InChI=1S/C27H31N3O3/c1-32-14-6-8-21-15-20(22-9-3-5-11-25(22)30-21)16-29-26(31)24-17-28-13-12-27(24)23-10-4-2-7-19(23)18-33-27/h2-5,7,9-11,15,24,28H,6,8,12-14,16-18H2,1H3,(H,29,31). The first-order valence-corrected chi connectivity index (χ1v) is 11.8. The molecule has 0 radical (unpaired) electrons. The lowest BCUT2D eigenvalue weighted by Crippen LogP contribution is -2.54. The molecule has 6 nitrogen and oxygen atoms in total. The third-order valence-electron chi connectivity index (χ3n) is 6.95. The van der Waals surface area contributed by atoms with Crippen LogP contribution in [0.4, 0.5) is 0 Å². The van der Waals surface area contributed by atoms with Gasteiger partial charge in [0.05, 0.1) is 18.0 Å². The van der Waals surface area contributed by atoms with Crippen LogP contribution in [0.2, 0.25) is 0 Å². The Morgan fingerprint density at radius 1 is 1.24 bits per heavy atom. The minimum absolute atomic E-state index is 0.0285. The molecule has 1 aromatic heterocycles. The molecule has 1 amide bonds. The zero-order valence-electron chi connectivity index (χ0n) is 19.1. The van der Waals surface area contributed by atoms with E-state index in [1.165, 1.54) is 11.1 Å². The summed E-state index contributed by atoms with van der Waals surface area (Å²) in [5.74, 6) is -0.245. The molecule has 2 aliphatic heterocycles. The molecular formula is C27H31N3O3. The number of methoxy groups -OCH3 is 1. The first kappa shape index (κ1) is 22.0. The van der Waals surface area contributed by atoms with Gasteiger partial charge in [-0.2, -0.15) is 0 Å². The Bertz CT molecular complexity index is 1140. The van der Waals surface area contributed by atoms with Crippen LogP contribution in [0, 0.1) is 5.92 Å². The van der Waals surface area contributed by atoms with Crippen LogP contribution in [-0.4, -0.2) is 37.7 Å². The lowest BCUT2D eigenvalue weighted by atomic mass is 9.75. The summed E-state index contributed by atoms with van der Waals surface area (Å²) < 4.78 is 11.6. The van der Waals surface area contributed by atoms with Gasteiger partial charge in [0.2, 0.25) is 5.91 Å². The summed E-state index contributed by atoms with van der Waals surface area (Å²) in [6, 6.07) is 18.6. The van der Waals surface area contributed by atoms with Crippen LogP contribution in [0.25, 0.3) is 10.9 Å². The second kappa shape index (κ2) is 9.59. The number of nitrogens with zero attached hydrogens (tertiary/aromatic N) is 1. The van der Waals surface area contributed by atoms with Gasteiger partial charge in [0.25, 0.3) is 0 Å². The molecule has 0 aliphatic carbocycles. The average Bonchev–Trinajstić information content (AvgIpc) is 3.21. The Labute approximate surface area is 194 Å². The number of hydrogen-bond acceptors (Lipinski definition) is 5. The normalized spacial score (nSPS) is 21.9. The Hall–Kier alpha value is -2.80. The van der Waals surface area contributed by atoms with Crippen LogP contribution in [0.1, 0.15) is 35.2 Å². The molecule has 2 atom stereocenters. The summed E-state index contributed by atoms with van der Waals surface area (Å²) in [4.78, 5) is 18.3. The maximum absolute atomic E-state index is 13.5. The van der Waals surface area contributed by atoms with Crippen LogP contribution in [-0.2, 0) is 39.4 Å². The van der Waals surface area contributed by atoms with E-state index in [1.54, 1.807) is 7.11 Å². The number of piperidine rings is 1. The smallest absolute Gasteiger partial charge is 0.227 e. The number of aromatic nitrogens is 1. The van der Waals surface area contributed by atoms with Crippen molar-refractivity contribution in [2.45, 2.75) is 38.0 Å². The summed E-state index contributed by atoms with van der Waals surface area (Å²) in [6.45, 7) is 3.20. The van der Waals surface area contributed by atoms with Crippen LogP contribution in [0.3, 0.4) is 0 Å². The van der Waals surface area contributed by atoms with Gasteiger partial charge in [-0.05, 0) is 54.6 Å². The zero-order chi connectivity index (χ0) is 22.7. The van der Waals surface area contributed by atoms with Crippen molar-refractivity contribution in [1.82, 2.24) is 15.6 Å². The number of carbonyl (C=O) groups is 1. The fourth-order valence-corrected chi connectivity index (χ4v) is 5.29. The van der Waals surface area contributed by atoms with Crippen LogP contribution in [0.15, 0.2) is 54.6 Å². The lowest BCUT2D eigenvalue weighted by molar-refractivity contribution is -0.146. The number of benzene rings is 2. The van der Waals surface area contributed by atoms with Gasteiger partial charge in [-0.3, -0.25) is 9.78 Å². The molecule has 2 unspecified atom stereocenters. The van der Waals surface area contributed by atoms with E-state index >= 15 is 0 Å². The first-order chi connectivity index (χ1) is 16.2. The van der Waals surface area contributed by atoms with Crippen LogP contribution >= 0.6 is 0 Å². The lowest BCUT2D eigenvalue weighted by Gasteiger charge is -2.40. The van der Waals surface area contributed by atoms with E-state index in [0.29, 0.717) is 26.3 Å². The molecule has 5 rings (SSSR count). The minimum atomic E-state index is -0.544. The van der Waals surface area contributed by atoms with E-state index in [0.717, 1.165) is 48.0 Å². The second-order valence-corrected chi connectivity index (χ2v) is 8.95. The fourth-order valence-electron chi connectivity index (χ4n) is 5.29. The second-order valence-electron chi connectivity index (χ2n) is 8.95. The van der Waals surface area contributed by atoms with E-state index in [4.69, 9.17) is 14.5 Å². The molecule has 2 N–H and O–H groups in total. The van der Waals surface area contributed by atoms with Crippen molar-refractivity contribution in [3.63, 3.8) is 0 Å². The Kier molecular flexibility index (Phi) is 6.40. The molecule has 0 saturated carbocycles. The van der Waals surface area contributed by atoms with Gasteiger partial charge >= 0.3 is 0 Å². The van der Waals surface area contributed by atoms with E-state index < -0.39 is 5.60 Å². The number of ether oxygens (including phenoxy) is 2. The number of fused-ring (bicyclic) bond motifs is 3. The molecule has 1 saturated heterocycles. The van der Waals surface area contributed by atoms with Crippen molar-refractivity contribution in [3.05, 3.63) is 77.0 Å². The minimum Gasteiger partial charge on any atom is -0.385 e. The van der Waals surface area contributed by atoms with Gasteiger partial charge < -0.3 is 20.1 Å². The highest BCUT2D eigenvalue weighted by Gasteiger charge is 2.50. The number of carbonyl (C=O) groups excluding carboxylic acids is 1. The predicted molar refractivity (Wildman–Crippen MR) is 128 cm³/mol. The first-order valence-electron chi connectivity index (χ1n) is 11.8. The van der Waals surface area contributed by atoms with E-state index in [1.807, 2.05) is 30.3 Å². The van der Waals surface area contributed by atoms with Crippen LogP contribution < -0.4 is 10.6 Å². The topological polar surface area (TPSA) is 72.5 Å². The number of aryl methyl sites for hydroxylation is 1. The maximum atomic E-state index is 13.5. The summed E-state index contributed by atoms with van der Waals surface area (Å²) in [6.07, 6.45) is 2.56. The largest absolute Gasteiger partial charge is 0.385 e. The molecule has 6 heteroatoms. The predicted octanol–water partition coefficient (Wildman–Crippen LogP) is 3.47.